The standard InChI is InChI=1S/C11H11NS/c1-9(11-12-7-8-13-11)10-5-3-2-4-6-10/h2-9H,1H3. The summed E-state index contributed by atoms with van der Waals surface area (Å²) in [5.74, 6) is 0.418. The predicted octanol–water partition coefficient (Wildman–Crippen LogP) is 3.29. The Morgan fingerprint density at radius 2 is 2.00 bits per heavy atom. The zero-order valence-electron chi connectivity index (χ0n) is 7.47. The van der Waals surface area contributed by atoms with Crippen molar-refractivity contribution < 1.29 is 0 Å². The minimum Gasteiger partial charge on any atom is -0.249 e. The molecule has 1 atom stereocenters. The van der Waals surface area contributed by atoms with Gasteiger partial charge in [-0.25, -0.2) is 4.98 Å². The van der Waals surface area contributed by atoms with Crippen molar-refractivity contribution in [3.63, 3.8) is 0 Å². The Bertz CT molecular complexity index is 353. The van der Waals surface area contributed by atoms with E-state index in [9.17, 15) is 0 Å². The summed E-state index contributed by atoms with van der Waals surface area (Å²) in [5.41, 5.74) is 1.33. The molecule has 2 rings (SSSR count). The van der Waals surface area contributed by atoms with Crippen LogP contribution in [0.15, 0.2) is 41.9 Å². The fraction of sp³-hybridized carbons (Fsp3) is 0.182. The van der Waals surface area contributed by atoms with Gasteiger partial charge in [-0.2, -0.15) is 0 Å². The SMILES string of the molecule is CC(c1ccccc1)c1nccs1. The van der Waals surface area contributed by atoms with Crippen LogP contribution in [0.5, 0.6) is 0 Å². The first-order chi connectivity index (χ1) is 6.38. The van der Waals surface area contributed by atoms with Crippen molar-refractivity contribution >= 4 is 11.3 Å². The maximum absolute atomic E-state index is 4.31. The van der Waals surface area contributed by atoms with Gasteiger partial charge in [0.15, 0.2) is 0 Å². The Morgan fingerprint density at radius 1 is 1.23 bits per heavy atom. The molecule has 1 aromatic heterocycles. The summed E-state index contributed by atoms with van der Waals surface area (Å²) >= 11 is 1.71. The average molecular weight is 189 g/mol. The summed E-state index contributed by atoms with van der Waals surface area (Å²) < 4.78 is 0. The highest BCUT2D eigenvalue weighted by Gasteiger charge is 2.09. The van der Waals surface area contributed by atoms with Crippen molar-refractivity contribution in [2.45, 2.75) is 12.8 Å². The molecule has 0 fully saturated rings. The maximum Gasteiger partial charge on any atom is 0.0997 e. The predicted molar refractivity (Wildman–Crippen MR) is 56.1 cm³/mol. The molecule has 0 amide bonds. The number of rotatable bonds is 2. The van der Waals surface area contributed by atoms with Crippen molar-refractivity contribution in [3.05, 3.63) is 52.5 Å². The number of thiazole rings is 1. The van der Waals surface area contributed by atoms with Gasteiger partial charge < -0.3 is 0 Å². The smallest absolute Gasteiger partial charge is 0.0997 e. The first-order valence-electron chi connectivity index (χ1n) is 4.32. The number of aromatic nitrogens is 1. The lowest BCUT2D eigenvalue weighted by Crippen LogP contribution is -1.93. The molecule has 0 saturated carbocycles. The fourth-order valence-electron chi connectivity index (χ4n) is 1.33. The molecule has 0 N–H and O–H groups in total. The molecule has 2 aromatic rings. The number of hydrogen-bond acceptors (Lipinski definition) is 2. The second kappa shape index (κ2) is 3.71. The van der Waals surface area contributed by atoms with E-state index in [0.29, 0.717) is 5.92 Å². The number of hydrogen-bond donors (Lipinski definition) is 0. The number of nitrogens with zero attached hydrogens (tertiary/aromatic N) is 1. The van der Waals surface area contributed by atoms with Crippen LogP contribution in [-0.2, 0) is 0 Å². The lowest BCUT2D eigenvalue weighted by molar-refractivity contribution is 0.905. The highest BCUT2D eigenvalue weighted by molar-refractivity contribution is 7.09. The zero-order chi connectivity index (χ0) is 9.10. The fourth-order valence-corrected chi connectivity index (χ4v) is 2.06. The molecule has 0 saturated heterocycles. The van der Waals surface area contributed by atoms with Gasteiger partial charge in [0, 0.05) is 17.5 Å². The van der Waals surface area contributed by atoms with Crippen LogP contribution in [0.1, 0.15) is 23.4 Å². The maximum atomic E-state index is 4.31. The Morgan fingerprint density at radius 3 is 2.62 bits per heavy atom. The molecule has 0 radical (unpaired) electrons. The third-order valence-electron chi connectivity index (χ3n) is 2.12. The first-order valence-corrected chi connectivity index (χ1v) is 5.20. The van der Waals surface area contributed by atoms with Crippen LogP contribution in [0.4, 0.5) is 0 Å². The summed E-state index contributed by atoms with van der Waals surface area (Å²) in [5, 5.41) is 3.21. The number of benzene rings is 1. The molecule has 0 aliphatic rings. The van der Waals surface area contributed by atoms with Crippen LogP contribution in [-0.4, -0.2) is 4.98 Å². The highest BCUT2D eigenvalue weighted by atomic mass is 32.1. The summed E-state index contributed by atoms with van der Waals surface area (Å²) in [4.78, 5) is 4.31. The summed E-state index contributed by atoms with van der Waals surface area (Å²) in [6.07, 6.45) is 1.86. The van der Waals surface area contributed by atoms with Crippen molar-refractivity contribution in [1.82, 2.24) is 4.98 Å². The molecule has 66 valence electrons. The molecule has 0 aliphatic carbocycles. The molecule has 13 heavy (non-hydrogen) atoms. The Labute approximate surface area is 82.1 Å². The molecular formula is C11H11NS. The molecular weight excluding hydrogens is 178 g/mol. The molecule has 0 aliphatic heterocycles. The van der Waals surface area contributed by atoms with E-state index < -0.39 is 0 Å². The van der Waals surface area contributed by atoms with Gasteiger partial charge in [0.25, 0.3) is 0 Å². The molecule has 1 heterocycles. The lowest BCUT2D eigenvalue weighted by Gasteiger charge is -2.07. The van der Waals surface area contributed by atoms with Crippen molar-refractivity contribution in [1.29, 1.82) is 0 Å². The molecule has 2 heteroatoms. The molecule has 1 aromatic carbocycles. The zero-order valence-corrected chi connectivity index (χ0v) is 8.29. The largest absolute Gasteiger partial charge is 0.249 e. The Hall–Kier alpha value is -1.15. The van der Waals surface area contributed by atoms with Crippen LogP contribution in [0, 0.1) is 0 Å². The Kier molecular flexibility index (Phi) is 2.41. The average Bonchev–Trinajstić information content (AvgIpc) is 2.71. The minimum absolute atomic E-state index is 0.418. The van der Waals surface area contributed by atoms with Crippen molar-refractivity contribution in [2.24, 2.45) is 0 Å². The second-order valence-corrected chi connectivity index (χ2v) is 3.93. The minimum atomic E-state index is 0.418. The molecule has 0 bridgehead atoms. The first kappa shape index (κ1) is 8.45. The van der Waals surface area contributed by atoms with Crippen LogP contribution in [0.3, 0.4) is 0 Å². The molecule has 0 spiro atoms. The van der Waals surface area contributed by atoms with Gasteiger partial charge in [0.2, 0.25) is 0 Å². The van der Waals surface area contributed by atoms with Gasteiger partial charge in [-0.3, -0.25) is 0 Å². The van der Waals surface area contributed by atoms with Gasteiger partial charge in [-0.05, 0) is 5.56 Å². The van der Waals surface area contributed by atoms with Gasteiger partial charge in [0.05, 0.1) is 5.01 Å². The normalized spacial score (nSPS) is 12.7. The van der Waals surface area contributed by atoms with E-state index in [4.69, 9.17) is 0 Å². The van der Waals surface area contributed by atoms with Crippen LogP contribution in [0.2, 0.25) is 0 Å². The van der Waals surface area contributed by atoms with E-state index in [1.807, 2.05) is 17.6 Å². The third-order valence-corrected chi connectivity index (χ3v) is 3.08. The van der Waals surface area contributed by atoms with Crippen LogP contribution >= 0.6 is 11.3 Å². The quantitative estimate of drug-likeness (QED) is 0.706. The van der Waals surface area contributed by atoms with Gasteiger partial charge >= 0.3 is 0 Å². The van der Waals surface area contributed by atoms with Crippen molar-refractivity contribution in [3.8, 4) is 0 Å². The third kappa shape index (κ3) is 1.78. The lowest BCUT2D eigenvalue weighted by atomic mass is 10.0. The summed E-state index contributed by atoms with van der Waals surface area (Å²) in [7, 11) is 0. The van der Waals surface area contributed by atoms with E-state index in [1.165, 1.54) is 10.6 Å². The topological polar surface area (TPSA) is 12.9 Å². The summed E-state index contributed by atoms with van der Waals surface area (Å²) in [6, 6.07) is 10.5. The Balaban J connectivity index is 2.29. The van der Waals surface area contributed by atoms with E-state index in [-0.39, 0.29) is 0 Å². The van der Waals surface area contributed by atoms with Gasteiger partial charge in [-0.15, -0.1) is 11.3 Å². The van der Waals surface area contributed by atoms with Gasteiger partial charge in [0.1, 0.15) is 0 Å². The van der Waals surface area contributed by atoms with E-state index >= 15 is 0 Å². The van der Waals surface area contributed by atoms with Crippen molar-refractivity contribution in [2.75, 3.05) is 0 Å². The van der Waals surface area contributed by atoms with E-state index in [0.717, 1.165) is 0 Å². The van der Waals surface area contributed by atoms with E-state index in [2.05, 4.69) is 36.2 Å². The summed E-state index contributed by atoms with van der Waals surface area (Å²) in [6.45, 7) is 2.19. The highest BCUT2D eigenvalue weighted by Crippen LogP contribution is 2.24. The monoisotopic (exact) mass is 189 g/mol. The molecule has 1 unspecified atom stereocenters. The van der Waals surface area contributed by atoms with Crippen LogP contribution in [0.25, 0.3) is 0 Å². The molecule has 1 nitrogen and oxygen atoms in total. The van der Waals surface area contributed by atoms with Gasteiger partial charge in [-0.1, -0.05) is 37.3 Å². The van der Waals surface area contributed by atoms with E-state index in [1.54, 1.807) is 11.3 Å². The van der Waals surface area contributed by atoms with Crippen LogP contribution < -0.4 is 0 Å². The second-order valence-electron chi connectivity index (χ2n) is 3.00.